The van der Waals surface area contributed by atoms with Gasteiger partial charge in [-0.25, -0.2) is 0 Å². The van der Waals surface area contributed by atoms with Crippen molar-refractivity contribution in [2.24, 2.45) is 0 Å². The van der Waals surface area contributed by atoms with Gasteiger partial charge in [0, 0.05) is 22.4 Å². The fraction of sp³-hybridized carbons (Fsp3) is 0.150. The molecule has 0 radical (unpaired) electrons. The van der Waals surface area contributed by atoms with Gasteiger partial charge >= 0.3 is 0 Å². The predicted octanol–water partition coefficient (Wildman–Crippen LogP) is 2.93. The minimum atomic E-state index is -0.505. The lowest BCUT2D eigenvalue weighted by molar-refractivity contribution is -0.115. The summed E-state index contributed by atoms with van der Waals surface area (Å²) >= 11 is 3.37. The van der Waals surface area contributed by atoms with E-state index in [0.29, 0.717) is 11.4 Å². The molecule has 0 saturated carbocycles. The number of nitrogens with one attached hydrogen (secondary N) is 2. The van der Waals surface area contributed by atoms with Gasteiger partial charge < -0.3 is 19.6 Å². The highest BCUT2D eigenvalue weighted by Gasteiger charge is 2.13. The number of amides is 2. The maximum absolute atomic E-state index is 12.2. The zero-order chi connectivity index (χ0) is 20.1. The van der Waals surface area contributed by atoms with Crippen molar-refractivity contribution >= 4 is 33.4 Å². The van der Waals surface area contributed by atoms with Gasteiger partial charge in [0.25, 0.3) is 11.5 Å². The van der Waals surface area contributed by atoms with Crippen LogP contribution in [0.3, 0.4) is 0 Å². The fourth-order valence-corrected chi connectivity index (χ4v) is 3.03. The van der Waals surface area contributed by atoms with E-state index in [4.69, 9.17) is 4.42 Å². The Bertz CT molecular complexity index is 1070. The number of benzene rings is 1. The van der Waals surface area contributed by atoms with E-state index < -0.39 is 5.91 Å². The Labute approximate surface area is 169 Å². The Balaban J connectivity index is 1.55. The molecular formula is C20H18BrN3O4. The lowest BCUT2D eigenvalue weighted by atomic mass is 10.2. The molecule has 3 rings (SSSR count). The summed E-state index contributed by atoms with van der Waals surface area (Å²) < 4.78 is 7.86. The van der Waals surface area contributed by atoms with Crippen molar-refractivity contribution in [3.8, 4) is 0 Å². The van der Waals surface area contributed by atoms with Gasteiger partial charge in [0.15, 0.2) is 5.76 Å². The molecule has 0 spiro atoms. The second-order valence-corrected chi connectivity index (χ2v) is 7.04. The largest absolute Gasteiger partial charge is 0.454 e. The van der Waals surface area contributed by atoms with Crippen LogP contribution in [0.4, 0.5) is 5.69 Å². The maximum Gasteiger partial charge on any atom is 0.287 e. The number of nitrogens with zero attached hydrogens (tertiary/aromatic N) is 1. The van der Waals surface area contributed by atoms with Crippen molar-refractivity contribution in [2.75, 3.05) is 11.9 Å². The summed E-state index contributed by atoms with van der Waals surface area (Å²) in [7, 11) is 0. The first-order valence-electron chi connectivity index (χ1n) is 8.51. The van der Waals surface area contributed by atoms with Crippen molar-refractivity contribution in [1.82, 2.24) is 9.88 Å². The number of carbonyl (C=O) groups excluding carboxylic acids is 2. The van der Waals surface area contributed by atoms with Gasteiger partial charge in [-0.1, -0.05) is 22.0 Å². The summed E-state index contributed by atoms with van der Waals surface area (Å²) in [5, 5.41) is 5.26. The Hall–Kier alpha value is -3.13. The summed E-state index contributed by atoms with van der Waals surface area (Å²) in [6.45, 7) is 1.90. The Kier molecular flexibility index (Phi) is 6.10. The van der Waals surface area contributed by atoms with Crippen molar-refractivity contribution in [3.63, 3.8) is 0 Å². The third kappa shape index (κ3) is 4.98. The Morgan fingerprint density at radius 3 is 2.71 bits per heavy atom. The van der Waals surface area contributed by atoms with E-state index in [1.165, 1.54) is 16.7 Å². The number of furan rings is 1. The van der Waals surface area contributed by atoms with E-state index in [9.17, 15) is 14.4 Å². The number of aromatic nitrogens is 1. The zero-order valence-electron chi connectivity index (χ0n) is 15.1. The second-order valence-electron chi connectivity index (χ2n) is 6.12. The summed E-state index contributed by atoms with van der Waals surface area (Å²) in [6.07, 6.45) is 1.64. The molecule has 0 unspecified atom stereocenters. The molecule has 1 aromatic carbocycles. The Morgan fingerprint density at radius 1 is 1.14 bits per heavy atom. The van der Waals surface area contributed by atoms with Crippen LogP contribution in [-0.4, -0.2) is 22.9 Å². The number of anilines is 1. The molecule has 0 aliphatic rings. The van der Waals surface area contributed by atoms with Crippen molar-refractivity contribution in [2.45, 2.75) is 13.5 Å². The third-order valence-electron chi connectivity index (χ3n) is 3.98. The van der Waals surface area contributed by atoms with Gasteiger partial charge in [0.1, 0.15) is 5.76 Å². The van der Waals surface area contributed by atoms with E-state index >= 15 is 0 Å². The van der Waals surface area contributed by atoms with Gasteiger partial charge in [0.2, 0.25) is 5.91 Å². The third-order valence-corrected chi connectivity index (χ3v) is 4.48. The van der Waals surface area contributed by atoms with Crippen LogP contribution in [0.1, 0.15) is 21.9 Å². The zero-order valence-corrected chi connectivity index (χ0v) is 16.7. The molecule has 8 heteroatoms. The molecule has 144 valence electrons. The van der Waals surface area contributed by atoms with Crippen LogP contribution in [0, 0.1) is 6.92 Å². The van der Waals surface area contributed by atoms with E-state index in [1.807, 2.05) is 19.1 Å². The van der Waals surface area contributed by atoms with Crippen LogP contribution in [0.5, 0.6) is 0 Å². The van der Waals surface area contributed by atoms with Crippen LogP contribution in [0.25, 0.3) is 0 Å². The van der Waals surface area contributed by atoms with E-state index in [2.05, 4.69) is 26.6 Å². The molecule has 0 saturated heterocycles. The minimum Gasteiger partial charge on any atom is -0.454 e. The monoisotopic (exact) mass is 443 g/mol. The number of rotatable bonds is 6. The van der Waals surface area contributed by atoms with Crippen LogP contribution in [0.15, 0.2) is 68.4 Å². The number of hydrogen-bond donors (Lipinski definition) is 2. The molecule has 2 heterocycles. The van der Waals surface area contributed by atoms with E-state index in [-0.39, 0.29) is 30.3 Å². The number of halogens is 1. The molecule has 0 aliphatic heterocycles. The molecule has 2 aromatic heterocycles. The average Bonchev–Trinajstić information content (AvgIpc) is 3.13. The number of hydrogen-bond acceptors (Lipinski definition) is 4. The lowest BCUT2D eigenvalue weighted by Gasteiger charge is -2.09. The average molecular weight is 444 g/mol. The Morgan fingerprint density at radius 2 is 1.96 bits per heavy atom. The molecule has 0 atom stereocenters. The predicted molar refractivity (Wildman–Crippen MR) is 108 cm³/mol. The molecule has 2 amide bonds. The van der Waals surface area contributed by atoms with E-state index in [0.717, 1.165) is 10.0 Å². The van der Waals surface area contributed by atoms with Gasteiger partial charge in [-0.3, -0.25) is 14.4 Å². The van der Waals surface area contributed by atoms with Crippen LogP contribution in [-0.2, 0) is 11.3 Å². The number of aryl methyl sites for hydroxylation is 1. The van der Waals surface area contributed by atoms with Crippen LogP contribution < -0.4 is 16.2 Å². The summed E-state index contributed by atoms with van der Waals surface area (Å²) in [5.74, 6) is -0.310. The van der Waals surface area contributed by atoms with Crippen molar-refractivity contribution in [3.05, 3.63) is 86.6 Å². The normalized spacial score (nSPS) is 10.5. The van der Waals surface area contributed by atoms with Gasteiger partial charge in [-0.15, -0.1) is 0 Å². The van der Waals surface area contributed by atoms with Gasteiger partial charge in [0.05, 0.1) is 13.1 Å². The molecule has 2 N–H and O–H groups in total. The summed E-state index contributed by atoms with van der Waals surface area (Å²) in [4.78, 5) is 36.0. The van der Waals surface area contributed by atoms with E-state index in [1.54, 1.807) is 30.5 Å². The molecular weight excluding hydrogens is 426 g/mol. The topological polar surface area (TPSA) is 93.3 Å². The highest BCUT2D eigenvalue weighted by molar-refractivity contribution is 9.10. The van der Waals surface area contributed by atoms with Crippen LogP contribution >= 0.6 is 15.9 Å². The second kappa shape index (κ2) is 8.71. The fourth-order valence-electron chi connectivity index (χ4n) is 2.55. The van der Waals surface area contributed by atoms with Gasteiger partial charge in [-0.05, 0) is 48.9 Å². The molecule has 0 fully saturated rings. The standard InChI is InChI=1S/C20H18BrN3O4/c1-13-10-14(21)5-7-16(13)23-18(25)11-22-20(27)17-8-6-15(28-17)12-24-9-3-2-4-19(24)26/h2-10H,11-12H2,1H3,(H,22,27)(H,23,25). The molecule has 0 bridgehead atoms. The van der Waals surface area contributed by atoms with Crippen LogP contribution in [0.2, 0.25) is 0 Å². The minimum absolute atomic E-state index is 0.0756. The molecule has 28 heavy (non-hydrogen) atoms. The SMILES string of the molecule is Cc1cc(Br)ccc1NC(=O)CNC(=O)c1ccc(Cn2ccccc2=O)o1. The highest BCUT2D eigenvalue weighted by Crippen LogP contribution is 2.19. The first kappa shape index (κ1) is 19.6. The quantitative estimate of drug-likeness (QED) is 0.612. The maximum atomic E-state index is 12.2. The molecule has 3 aromatic rings. The lowest BCUT2D eigenvalue weighted by Crippen LogP contribution is -2.32. The van der Waals surface area contributed by atoms with Crippen molar-refractivity contribution < 1.29 is 14.0 Å². The number of carbonyl (C=O) groups is 2. The van der Waals surface area contributed by atoms with Gasteiger partial charge in [-0.2, -0.15) is 0 Å². The summed E-state index contributed by atoms with van der Waals surface area (Å²) in [6, 6.07) is 13.5. The number of pyridine rings is 1. The summed E-state index contributed by atoms with van der Waals surface area (Å²) in [5.41, 5.74) is 1.42. The molecule has 7 nitrogen and oxygen atoms in total. The molecule has 0 aliphatic carbocycles. The van der Waals surface area contributed by atoms with Crippen molar-refractivity contribution in [1.29, 1.82) is 0 Å². The first-order valence-corrected chi connectivity index (χ1v) is 9.30. The smallest absolute Gasteiger partial charge is 0.287 e. The first-order chi connectivity index (χ1) is 13.4. The highest BCUT2D eigenvalue weighted by atomic mass is 79.9.